The standard InChI is InChI=1S/C21H23N5O/c1-13-4-6-16(7-5-13)19(20(22)27)26-21-23-9-8-18(25-21)24-17-11-14(2)10-15(3)12-17/h4-12,19H,1-3H3,(H2,22,27)(H2,23,24,25,26)/t19-/m1/s1. The van der Waals surface area contributed by atoms with Gasteiger partial charge in [-0.3, -0.25) is 4.79 Å². The lowest BCUT2D eigenvalue weighted by molar-refractivity contribution is -0.118. The Morgan fingerprint density at radius 2 is 1.63 bits per heavy atom. The van der Waals surface area contributed by atoms with Crippen LogP contribution in [0.1, 0.15) is 28.3 Å². The van der Waals surface area contributed by atoms with Crippen LogP contribution in [0.15, 0.2) is 54.7 Å². The lowest BCUT2D eigenvalue weighted by Gasteiger charge is -2.16. The summed E-state index contributed by atoms with van der Waals surface area (Å²) in [5, 5.41) is 6.29. The first-order chi connectivity index (χ1) is 12.9. The quantitative estimate of drug-likeness (QED) is 0.621. The van der Waals surface area contributed by atoms with Crippen molar-refractivity contribution in [3.8, 4) is 0 Å². The third-order valence-corrected chi connectivity index (χ3v) is 4.12. The van der Waals surface area contributed by atoms with E-state index in [1.807, 2.05) is 57.2 Å². The van der Waals surface area contributed by atoms with Crippen LogP contribution in [0.2, 0.25) is 0 Å². The molecule has 27 heavy (non-hydrogen) atoms. The van der Waals surface area contributed by atoms with Gasteiger partial charge in [0, 0.05) is 11.9 Å². The molecule has 0 aliphatic heterocycles. The number of aromatic nitrogens is 2. The van der Waals surface area contributed by atoms with Gasteiger partial charge in [0.05, 0.1) is 0 Å². The average molecular weight is 361 g/mol. The number of aryl methyl sites for hydroxylation is 3. The molecule has 3 aromatic rings. The number of carbonyl (C=O) groups is 1. The molecular weight excluding hydrogens is 338 g/mol. The molecule has 138 valence electrons. The first kappa shape index (κ1) is 18.4. The highest BCUT2D eigenvalue weighted by Crippen LogP contribution is 2.21. The summed E-state index contributed by atoms with van der Waals surface area (Å²) in [5.74, 6) is 0.466. The van der Waals surface area contributed by atoms with Crippen molar-refractivity contribution in [1.82, 2.24) is 9.97 Å². The number of hydrogen-bond acceptors (Lipinski definition) is 5. The fraction of sp³-hybridized carbons (Fsp3) is 0.190. The molecule has 1 atom stereocenters. The van der Waals surface area contributed by atoms with E-state index in [0.29, 0.717) is 11.8 Å². The lowest BCUT2D eigenvalue weighted by Crippen LogP contribution is -2.28. The zero-order valence-electron chi connectivity index (χ0n) is 15.7. The van der Waals surface area contributed by atoms with Crippen molar-refractivity contribution < 1.29 is 4.79 Å². The number of carbonyl (C=O) groups excluding carboxylic acids is 1. The monoisotopic (exact) mass is 361 g/mol. The van der Waals surface area contributed by atoms with Gasteiger partial charge in [-0.15, -0.1) is 0 Å². The fourth-order valence-electron chi connectivity index (χ4n) is 2.90. The second-order valence-electron chi connectivity index (χ2n) is 6.66. The maximum absolute atomic E-state index is 11.9. The third-order valence-electron chi connectivity index (χ3n) is 4.12. The Hall–Kier alpha value is -3.41. The Kier molecular flexibility index (Phi) is 5.35. The number of anilines is 3. The molecule has 6 heteroatoms. The van der Waals surface area contributed by atoms with E-state index in [2.05, 4.69) is 26.7 Å². The molecule has 3 rings (SSSR count). The van der Waals surface area contributed by atoms with E-state index in [-0.39, 0.29) is 0 Å². The molecule has 6 nitrogen and oxygen atoms in total. The molecule has 2 aromatic carbocycles. The number of nitrogens with two attached hydrogens (primary N) is 1. The van der Waals surface area contributed by atoms with Gasteiger partial charge in [-0.1, -0.05) is 35.9 Å². The van der Waals surface area contributed by atoms with Crippen LogP contribution >= 0.6 is 0 Å². The third kappa shape index (κ3) is 4.82. The maximum Gasteiger partial charge on any atom is 0.244 e. The van der Waals surface area contributed by atoms with E-state index in [0.717, 1.165) is 27.9 Å². The van der Waals surface area contributed by atoms with E-state index in [1.165, 1.54) is 0 Å². The van der Waals surface area contributed by atoms with Gasteiger partial charge in [-0.05, 0) is 55.7 Å². The SMILES string of the molecule is Cc1ccc([C@@H](Nc2nccc(Nc3cc(C)cc(C)c3)n2)C(N)=O)cc1. The van der Waals surface area contributed by atoms with E-state index in [4.69, 9.17) is 5.73 Å². The van der Waals surface area contributed by atoms with E-state index in [9.17, 15) is 4.79 Å². The smallest absolute Gasteiger partial charge is 0.244 e. The number of rotatable bonds is 6. The summed E-state index contributed by atoms with van der Waals surface area (Å²) in [6.45, 7) is 6.08. The van der Waals surface area contributed by atoms with Gasteiger partial charge >= 0.3 is 0 Å². The summed E-state index contributed by atoms with van der Waals surface area (Å²) >= 11 is 0. The van der Waals surface area contributed by atoms with Crippen LogP contribution < -0.4 is 16.4 Å². The van der Waals surface area contributed by atoms with Gasteiger partial charge in [-0.2, -0.15) is 4.98 Å². The van der Waals surface area contributed by atoms with Crippen molar-refractivity contribution >= 4 is 23.4 Å². The Morgan fingerprint density at radius 1 is 0.963 bits per heavy atom. The molecule has 1 heterocycles. The second-order valence-corrected chi connectivity index (χ2v) is 6.66. The highest BCUT2D eigenvalue weighted by Gasteiger charge is 2.18. The zero-order valence-corrected chi connectivity index (χ0v) is 15.7. The molecule has 0 spiro atoms. The number of primary amides is 1. The molecule has 1 amide bonds. The minimum atomic E-state index is -0.706. The molecule has 0 radical (unpaired) electrons. The lowest BCUT2D eigenvalue weighted by atomic mass is 10.0. The summed E-state index contributed by atoms with van der Waals surface area (Å²) in [7, 11) is 0. The highest BCUT2D eigenvalue weighted by atomic mass is 16.1. The van der Waals surface area contributed by atoms with Gasteiger partial charge < -0.3 is 16.4 Å². The summed E-state index contributed by atoms with van der Waals surface area (Å²) in [4.78, 5) is 20.6. The predicted octanol–water partition coefficient (Wildman–Crippen LogP) is 3.78. The van der Waals surface area contributed by atoms with Crippen molar-refractivity contribution in [1.29, 1.82) is 0 Å². The van der Waals surface area contributed by atoms with Crippen molar-refractivity contribution in [3.05, 3.63) is 77.0 Å². The highest BCUT2D eigenvalue weighted by molar-refractivity contribution is 5.84. The van der Waals surface area contributed by atoms with E-state index >= 15 is 0 Å². The number of nitrogens with one attached hydrogen (secondary N) is 2. The molecule has 0 unspecified atom stereocenters. The summed E-state index contributed by atoms with van der Waals surface area (Å²) < 4.78 is 0. The molecule has 0 aliphatic carbocycles. The fourth-order valence-corrected chi connectivity index (χ4v) is 2.90. The Morgan fingerprint density at radius 3 is 2.26 bits per heavy atom. The largest absolute Gasteiger partial charge is 0.368 e. The number of benzene rings is 2. The average Bonchev–Trinajstić information content (AvgIpc) is 2.60. The molecular formula is C21H23N5O. The van der Waals surface area contributed by atoms with Gasteiger partial charge in [0.25, 0.3) is 0 Å². The molecule has 0 aliphatic rings. The molecule has 0 saturated carbocycles. The van der Waals surface area contributed by atoms with E-state index in [1.54, 1.807) is 12.3 Å². The van der Waals surface area contributed by atoms with Gasteiger partial charge in [0.1, 0.15) is 11.9 Å². The molecule has 1 aromatic heterocycles. The molecule has 0 saturated heterocycles. The van der Waals surface area contributed by atoms with Crippen LogP contribution in [0.4, 0.5) is 17.5 Å². The summed E-state index contributed by atoms with van der Waals surface area (Å²) in [6, 6.07) is 14.9. The first-order valence-electron chi connectivity index (χ1n) is 8.71. The number of amides is 1. The normalized spacial score (nSPS) is 11.7. The van der Waals surface area contributed by atoms with E-state index < -0.39 is 11.9 Å². The Labute approximate surface area is 158 Å². The van der Waals surface area contributed by atoms with Crippen LogP contribution in [-0.2, 0) is 4.79 Å². The van der Waals surface area contributed by atoms with Gasteiger partial charge in [0.2, 0.25) is 11.9 Å². The van der Waals surface area contributed by atoms with Crippen LogP contribution in [0.5, 0.6) is 0 Å². The van der Waals surface area contributed by atoms with Crippen molar-refractivity contribution in [3.63, 3.8) is 0 Å². The second kappa shape index (κ2) is 7.86. The Bertz CT molecular complexity index is 933. The van der Waals surface area contributed by atoms with Crippen LogP contribution in [0.3, 0.4) is 0 Å². The molecule has 0 bridgehead atoms. The van der Waals surface area contributed by atoms with Gasteiger partial charge in [0.15, 0.2) is 0 Å². The Balaban J connectivity index is 1.81. The topological polar surface area (TPSA) is 92.9 Å². The van der Waals surface area contributed by atoms with Gasteiger partial charge in [-0.25, -0.2) is 4.98 Å². The summed E-state index contributed by atoms with van der Waals surface area (Å²) in [5.41, 5.74) is 10.7. The zero-order chi connectivity index (χ0) is 19.4. The first-order valence-corrected chi connectivity index (χ1v) is 8.71. The number of hydrogen-bond donors (Lipinski definition) is 3. The molecule has 4 N–H and O–H groups in total. The minimum absolute atomic E-state index is 0.328. The van der Waals surface area contributed by atoms with Crippen molar-refractivity contribution in [2.45, 2.75) is 26.8 Å². The van der Waals surface area contributed by atoms with Crippen LogP contribution in [-0.4, -0.2) is 15.9 Å². The maximum atomic E-state index is 11.9. The van der Waals surface area contributed by atoms with Crippen molar-refractivity contribution in [2.75, 3.05) is 10.6 Å². The van der Waals surface area contributed by atoms with Crippen LogP contribution in [0, 0.1) is 20.8 Å². The number of nitrogens with zero attached hydrogens (tertiary/aromatic N) is 2. The van der Waals surface area contributed by atoms with Crippen LogP contribution in [0.25, 0.3) is 0 Å². The molecule has 0 fully saturated rings. The minimum Gasteiger partial charge on any atom is -0.368 e. The van der Waals surface area contributed by atoms with Crippen molar-refractivity contribution in [2.24, 2.45) is 5.73 Å². The predicted molar refractivity (Wildman–Crippen MR) is 108 cm³/mol. The summed E-state index contributed by atoms with van der Waals surface area (Å²) in [6.07, 6.45) is 1.63.